The third kappa shape index (κ3) is 4.06. The second-order valence-electron chi connectivity index (χ2n) is 6.36. The van der Waals surface area contributed by atoms with Crippen LogP contribution in [0, 0.1) is 0 Å². The summed E-state index contributed by atoms with van der Waals surface area (Å²) < 4.78 is 5.63. The Bertz CT molecular complexity index is 422. The molecule has 1 aromatic carbocycles. The standard InChI is InChI=1S/C15H25BO3/c1-11(2)12-8-7-9-13(10-12)16(18)19-15(5,6)14(3,4)17/h7-11,17-18H,1-6H3. The van der Waals surface area contributed by atoms with Gasteiger partial charge in [0.15, 0.2) is 0 Å². The molecule has 0 aliphatic rings. The predicted octanol–water partition coefficient (Wildman–Crippen LogP) is 2.06. The Morgan fingerprint density at radius 3 is 2.21 bits per heavy atom. The first-order chi connectivity index (χ1) is 8.54. The van der Waals surface area contributed by atoms with Crippen LogP contribution >= 0.6 is 0 Å². The molecule has 2 N–H and O–H groups in total. The molecule has 0 fully saturated rings. The van der Waals surface area contributed by atoms with E-state index in [-0.39, 0.29) is 0 Å². The fourth-order valence-electron chi connectivity index (χ4n) is 1.56. The van der Waals surface area contributed by atoms with E-state index in [0.29, 0.717) is 11.4 Å². The van der Waals surface area contributed by atoms with Crippen molar-refractivity contribution < 1.29 is 14.8 Å². The molecule has 0 radical (unpaired) electrons. The summed E-state index contributed by atoms with van der Waals surface area (Å²) in [5.74, 6) is 0.398. The van der Waals surface area contributed by atoms with Crippen LogP contribution in [0.15, 0.2) is 24.3 Å². The molecule has 0 aromatic heterocycles. The quantitative estimate of drug-likeness (QED) is 0.800. The number of rotatable bonds is 5. The normalized spacial score (nSPS) is 12.9. The molecular formula is C15H25BO3. The van der Waals surface area contributed by atoms with Crippen molar-refractivity contribution in [3.63, 3.8) is 0 Å². The van der Waals surface area contributed by atoms with E-state index in [1.165, 1.54) is 0 Å². The number of hydrogen-bond acceptors (Lipinski definition) is 3. The van der Waals surface area contributed by atoms with E-state index in [0.717, 1.165) is 5.56 Å². The molecule has 0 bridgehead atoms. The van der Waals surface area contributed by atoms with Gasteiger partial charge in [0, 0.05) is 0 Å². The van der Waals surface area contributed by atoms with Crippen molar-refractivity contribution in [1.82, 2.24) is 0 Å². The van der Waals surface area contributed by atoms with Gasteiger partial charge in [0.2, 0.25) is 0 Å². The first-order valence-corrected chi connectivity index (χ1v) is 6.73. The zero-order valence-corrected chi connectivity index (χ0v) is 12.8. The van der Waals surface area contributed by atoms with Gasteiger partial charge in [-0.25, -0.2) is 0 Å². The van der Waals surface area contributed by atoms with Gasteiger partial charge < -0.3 is 14.8 Å². The molecule has 0 amide bonds. The molecule has 4 heteroatoms. The van der Waals surface area contributed by atoms with E-state index in [4.69, 9.17) is 4.65 Å². The predicted molar refractivity (Wildman–Crippen MR) is 79.6 cm³/mol. The third-order valence-corrected chi connectivity index (χ3v) is 3.74. The second kappa shape index (κ2) is 5.65. The van der Waals surface area contributed by atoms with Crippen LogP contribution in [0.5, 0.6) is 0 Å². The highest BCUT2D eigenvalue weighted by atomic mass is 16.5. The summed E-state index contributed by atoms with van der Waals surface area (Å²) in [7, 11) is -1.04. The van der Waals surface area contributed by atoms with Gasteiger partial charge in [-0.2, -0.15) is 0 Å². The van der Waals surface area contributed by atoms with Crippen LogP contribution in [0.4, 0.5) is 0 Å². The molecule has 106 valence electrons. The lowest BCUT2D eigenvalue weighted by molar-refractivity contribution is -0.0982. The fourth-order valence-corrected chi connectivity index (χ4v) is 1.56. The summed E-state index contributed by atoms with van der Waals surface area (Å²) >= 11 is 0. The van der Waals surface area contributed by atoms with Crippen LogP contribution in [0.2, 0.25) is 0 Å². The minimum absolute atomic E-state index is 0.398. The Morgan fingerprint density at radius 1 is 1.16 bits per heavy atom. The third-order valence-electron chi connectivity index (χ3n) is 3.74. The lowest BCUT2D eigenvalue weighted by Crippen LogP contribution is -2.53. The Balaban J connectivity index is 2.90. The Hall–Kier alpha value is -0.835. The van der Waals surface area contributed by atoms with Crippen LogP contribution in [0.25, 0.3) is 0 Å². The van der Waals surface area contributed by atoms with Crippen molar-refractivity contribution in [3.05, 3.63) is 29.8 Å². The molecule has 0 aliphatic heterocycles. The SMILES string of the molecule is CC(C)c1cccc(B(O)OC(C)(C)C(C)(C)O)c1. The molecule has 3 nitrogen and oxygen atoms in total. The molecular weight excluding hydrogens is 239 g/mol. The summed E-state index contributed by atoms with van der Waals surface area (Å²) in [5.41, 5.74) is -0.0195. The van der Waals surface area contributed by atoms with Gasteiger partial charge in [-0.3, -0.25) is 0 Å². The molecule has 0 atom stereocenters. The van der Waals surface area contributed by atoms with Gasteiger partial charge in [-0.1, -0.05) is 38.1 Å². The number of aliphatic hydroxyl groups is 1. The van der Waals surface area contributed by atoms with Gasteiger partial charge in [-0.15, -0.1) is 0 Å². The van der Waals surface area contributed by atoms with E-state index >= 15 is 0 Å². The number of hydrogen-bond donors (Lipinski definition) is 2. The maximum absolute atomic E-state index is 10.2. The van der Waals surface area contributed by atoms with Crippen LogP contribution in [0.1, 0.15) is 53.0 Å². The summed E-state index contributed by atoms with van der Waals surface area (Å²) in [6, 6.07) is 7.71. The average molecular weight is 264 g/mol. The van der Waals surface area contributed by atoms with Crippen LogP contribution in [-0.4, -0.2) is 28.5 Å². The van der Waals surface area contributed by atoms with Crippen molar-refractivity contribution in [2.24, 2.45) is 0 Å². The molecule has 19 heavy (non-hydrogen) atoms. The summed E-state index contributed by atoms with van der Waals surface area (Å²) in [4.78, 5) is 0. The Labute approximate surface area is 116 Å². The smallest absolute Gasteiger partial charge is 0.423 e. The first-order valence-electron chi connectivity index (χ1n) is 6.73. The monoisotopic (exact) mass is 264 g/mol. The van der Waals surface area contributed by atoms with Gasteiger partial charge in [0.1, 0.15) is 0 Å². The van der Waals surface area contributed by atoms with Gasteiger partial charge in [0.05, 0.1) is 11.2 Å². The van der Waals surface area contributed by atoms with E-state index in [2.05, 4.69) is 13.8 Å². The fraction of sp³-hybridized carbons (Fsp3) is 0.600. The van der Waals surface area contributed by atoms with Crippen molar-refractivity contribution in [2.45, 2.75) is 58.7 Å². The topological polar surface area (TPSA) is 49.7 Å². The van der Waals surface area contributed by atoms with Crippen molar-refractivity contribution in [2.75, 3.05) is 0 Å². The van der Waals surface area contributed by atoms with Crippen molar-refractivity contribution >= 4 is 12.6 Å². The van der Waals surface area contributed by atoms with E-state index in [9.17, 15) is 10.1 Å². The van der Waals surface area contributed by atoms with E-state index in [1.807, 2.05) is 24.3 Å². The highest BCUT2D eigenvalue weighted by molar-refractivity contribution is 6.60. The lowest BCUT2D eigenvalue weighted by atomic mass is 9.75. The van der Waals surface area contributed by atoms with Crippen molar-refractivity contribution in [1.29, 1.82) is 0 Å². The number of benzene rings is 1. The molecule has 0 unspecified atom stereocenters. The molecule has 0 saturated heterocycles. The minimum Gasteiger partial charge on any atom is -0.423 e. The van der Waals surface area contributed by atoms with E-state index in [1.54, 1.807) is 27.7 Å². The molecule has 0 heterocycles. The highest BCUT2D eigenvalue weighted by Gasteiger charge is 2.39. The van der Waals surface area contributed by atoms with Crippen LogP contribution in [-0.2, 0) is 4.65 Å². The molecule has 1 rings (SSSR count). The molecule has 1 aromatic rings. The van der Waals surface area contributed by atoms with Crippen molar-refractivity contribution in [3.8, 4) is 0 Å². The maximum atomic E-state index is 10.2. The van der Waals surface area contributed by atoms with Gasteiger partial charge >= 0.3 is 7.12 Å². The molecule has 0 spiro atoms. The summed E-state index contributed by atoms with van der Waals surface area (Å²) in [6.45, 7) is 11.1. The largest absolute Gasteiger partial charge is 0.491 e. The van der Waals surface area contributed by atoms with Crippen LogP contribution < -0.4 is 5.46 Å². The van der Waals surface area contributed by atoms with Gasteiger partial charge in [-0.05, 0) is 44.6 Å². The molecule has 0 aliphatic carbocycles. The summed E-state index contributed by atoms with van der Waals surface area (Å²) in [6.07, 6.45) is 0. The zero-order valence-electron chi connectivity index (χ0n) is 12.8. The lowest BCUT2D eigenvalue weighted by Gasteiger charge is -2.38. The molecule has 0 saturated carbocycles. The summed E-state index contributed by atoms with van der Waals surface area (Å²) in [5, 5.41) is 20.2. The highest BCUT2D eigenvalue weighted by Crippen LogP contribution is 2.25. The Morgan fingerprint density at radius 2 is 1.74 bits per heavy atom. The van der Waals surface area contributed by atoms with E-state index < -0.39 is 18.3 Å². The first kappa shape index (κ1) is 16.2. The maximum Gasteiger partial charge on any atom is 0.491 e. The minimum atomic E-state index is -1.04. The second-order valence-corrected chi connectivity index (χ2v) is 6.36. The Kier molecular flexibility index (Phi) is 4.83. The average Bonchev–Trinajstić information content (AvgIpc) is 2.27. The zero-order chi connectivity index (χ0) is 14.8. The van der Waals surface area contributed by atoms with Crippen LogP contribution in [0.3, 0.4) is 0 Å². The van der Waals surface area contributed by atoms with Gasteiger partial charge in [0.25, 0.3) is 0 Å².